The van der Waals surface area contributed by atoms with Gasteiger partial charge in [-0.05, 0) is 34.1 Å². The minimum Gasteiger partial charge on any atom is -0.373 e. The smallest absolute Gasteiger partial charge is 0.125 e. The first-order valence-electron chi connectivity index (χ1n) is 4.81. The topological polar surface area (TPSA) is 14.2 Å². The molecule has 0 N–H and O–H groups in total. The molecule has 0 atom stereocenters. The Labute approximate surface area is 94.8 Å². The van der Waals surface area contributed by atoms with Crippen molar-refractivity contribution in [2.24, 2.45) is 0 Å². The summed E-state index contributed by atoms with van der Waals surface area (Å²) in [6.07, 6.45) is 0. The molecule has 2 aromatic rings. The lowest BCUT2D eigenvalue weighted by atomic mass is 10.2. The molecule has 3 rings (SSSR count). The molecule has 0 saturated carbocycles. The Kier molecular flexibility index (Phi) is 2.07. The highest BCUT2D eigenvalue weighted by atomic mass is 79.9. The average molecular weight is 270 g/mol. The molecule has 0 radical (unpaired) electrons. The van der Waals surface area contributed by atoms with Crippen molar-refractivity contribution in [3.63, 3.8) is 0 Å². The second-order valence-corrected chi connectivity index (χ2v) is 4.42. The van der Waals surface area contributed by atoms with Crippen molar-refractivity contribution in [2.45, 2.75) is 13.2 Å². The fourth-order valence-electron chi connectivity index (χ4n) is 2.05. The maximum atomic E-state index is 13.2. The lowest BCUT2D eigenvalue weighted by molar-refractivity contribution is 0.0859. The third-order valence-electron chi connectivity index (χ3n) is 2.76. The molecule has 78 valence electrons. The van der Waals surface area contributed by atoms with Gasteiger partial charge in [0.15, 0.2) is 0 Å². The van der Waals surface area contributed by atoms with Gasteiger partial charge in [-0.2, -0.15) is 0 Å². The van der Waals surface area contributed by atoms with Crippen LogP contribution in [-0.2, 0) is 17.9 Å². The zero-order chi connectivity index (χ0) is 10.4. The molecular weight excluding hydrogens is 261 g/mol. The number of ether oxygens (including phenoxy) is 1. The maximum absolute atomic E-state index is 13.2. The summed E-state index contributed by atoms with van der Waals surface area (Å²) in [6, 6.07) is 4.87. The molecular formula is C11H9BrFNO. The van der Waals surface area contributed by atoms with Gasteiger partial charge in [-0.3, -0.25) is 0 Å². The molecule has 0 saturated heterocycles. The second-order valence-electron chi connectivity index (χ2n) is 3.63. The van der Waals surface area contributed by atoms with Gasteiger partial charge in [0.1, 0.15) is 5.82 Å². The van der Waals surface area contributed by atoms with E-state index in [0.717, 1.165) is 27.6 Å². The fraction of sp³-hybridized carbons (Fsp3) is 0.273. The summed E-state index contributed by atoms with van der Waals surface area (Å²) in [5, 5.41) is 1.05. The third-order valence-corrected chi connectivity index (χ3v) is 3.65. The van der Waals surface area contributed by atoms with Gasteiger partial charge >= 0.3 is 0 Å². The number of nitrogens with zero attached hydrogens (tertiary/aromatic N) is 1. The molecule has 1 aromatic carbocycles. The maximum Gasteiger partial charge on any atom is 0.125 e. The van der Waals surface area contributed by atoms with Gasteiger partial charge in [-0.1, -0.05) is 0 Å². The van der Waals surface area contributed by atoms with E-state index in [1.807, 2.05) is 0 Å². The Morgan fingerprint density at radius 1 is 1.40 bits per heavy atom. The molecule has 0 unspecified atom stereocenters. The Morgan fingerprint density at radius 3 is 3.13 bits per heavy atom. The predicted octanol–water partition coefficient (Wildman–Crippen LogP) is 3.07. The highest BCUT2D eigenvalue weighted by Gasteiger charge is 2.18. The van der Waals surface area contributed by atoms with Crippen molar-refractivity contribution in [1.82, 2.24) is 4.57 Å². The van der Waals surface area contributed by atoms with E-state index in [1.54, 1.807) is 12.1 Å². The molecule has 2 heterocycles. The molecule has 0 aliphatic carbocycles. The molecule has 1 aromatic heterocycles. The number of halogens is 2. The summed E-state index contributed by atoms with van der Waals surface area (Å²) in [7, 11) is 0. The molecule has 0 fully saturated rings. The van der Waals surface area contributed by atoms with Crippen LogP contribution in [0, 0.1) is 5.82 Å². The van der Waals surface area contributed by atoms with Crippen LogP contribution in [0.2, 0.25) is 0 Å². The van der Waals surface area contributed by atoms with E-state index < -0.39 is 0 Å². The van der Waals surface area contributed by atoms with E-state index in [-0.39, 0.29) is 5.82 Å². The van der Waals surface area contributed by atoms with E-state index in [2.05, 4.69) is 20.5 Å². The Balaban J connectivity index is 2.39. The number of rotatable bonds is 0. The summed E-state index contributed by atoms with van der Waals surface area (Å²) >= 11 is 3.54. The number of fused-ring (bicyclic) bond motifs is 3. The SMILES string of the molecule is Fc1ccc2c(Br)c3n(c2c1)CCOC3. The van der Waals surface area contributed by atoms with E-state index in [1.165, 1.54) is 6.07 Å². The van der Waals surface area contributed by atoms with Crippen molar-refractivity contribution in [1.29, 1.82) is 0 Å². The standard InChI is InChI=1S/C11H9BrFNO/c12-11-8-2-1-7(13)5-9(8)14-3-4-15-6-10(11)14/h1-2,5H,3-4,6H2. The van der Waals surface area contributed by atoms with Crippen molar-refractivity contribution in [3.8, 4) is 0 Å². The van der Waals surface area contributed by atoms with Crippen LogP contribution < -0.4 is 0 Å². The fourth-order valence-corrected chi connectivity index (χ4v) is 2.72. The largest absolute Gasteiger partial charge is 0.373 e. The van der Waals surface area contributed by atoms with Crippen LogP contribution in [-0.4, -0.2) is 11.2 Å². The minimum atomic E-state index is -0.193. The van der Waals surface area contributed by atoms with Crippen LogP contribution in [0.3, 0.4) is 0 Å². The van der Waals surface area contributed by atoms with Crippen LogP contribution >= 0.6 is 15.9 Å². The number of aromatic nitrogens is 1. The van der Waals surface area contributed by atoms with Gasteiger partial charge < -0.3 is 9.30 Å². The lowest BCUT2D eigenvalue weighted by Crippen LogP contribution is -2.15. The zero-order valence-corrected chi connectivity index (χ0v) is 9.55. The number of hydrogen-bond acceptors (Lipinski definition) is 1. The normalized spacial score (nSPS) is 15.6. The lowest BCUT2D eigenvalue weighted by Gasteiger charge is -2.16. The first kappa shape index (κ1) is 9.36. The van der Waals surface area contributed by atoms with Gasteiger partial charge in [0.25, 0.3) is 0 Å². The highest BCUT2D eigenvalue weighted by molar-refractivity contribution is 9.10. The highest BCUT2D eigenvalue weighted by Crippen LogP contribution is 2.33. The summed E-state index contributed by atoms with van der Waals surface area (Å²) < 4.78 is 21.7. The van der Waals surface area contributed by atoms with E-state index in [9.17, 15) is 4.39 Å². The van der Waals surface area contributed by atoms with Crippen LogP contribution in [0.5, 0.6) is 0 Å². The van der Waals surface area contributed by atoms with Gasteiger partial charge in [-0.25, -0.2) is 4.39 Å². The van der Waals surface area contributed by atoms with Crippen LogP contribution in [0.15, 0.2) is 22.7 Å². The van der Waals surface area contributed by atoms with Crippen LogP contribution in [0.1, 0.15) is 5.69 Å². The molecule has 4 heteroatoms. The molecule has 0 spiro atoms. The van der Waals surface area contributed by atoms with Crippen molar-refractivity contribution >= 4 is 26.8 Å². The van der Waals surface area contributed by atoms with Crippen LogP contribution in [0.4, 0.5) is 4.39 Å². The monoisotopic (exact) mass is 269 g/mol. The quantitative estimate of drug-likeness (QED) is 0.717. The van der Waals surface area contributed by atoms with E-state index in [4.69, 9.17) is 4.74 Å². The molecule has 0 amide bonds. The summed E-state index contributed by atoms with van der Waals surface area (Å²) in [5.41, 5.74) is 2.04. The Hall–Kier alpha value is -0.870. The predicted molar refractivity (Wildman–Crippen MR) is 59.3 cm³/mol. The van der Waals surface area contributed by atoms with Crippen molar-refractivity contribution in [2.75, 3.05) is 6.61 Å². The molecule has 2 nitrogen and oxygen atoms in total. The van der Waals surface area contributed by atoms with E-state index in [0.29, 0.717) is 13.2 Å². The molecule has 0 bridgehead atoms. The molecule has 1 aliphatic heterocycles. The second kappa shape index (κ2) is 3.32. The first-order valence-corrected chi connectivity index (χ1v) is 5.60. The number of benzene rings is 1. The minimum absolute atomic E-state index is 0.193. The van der Waals surface area contributed by atoms with Crippen molar-refractivity contribution in [3.05, 3.63) is 34.2 Å². The van der Waals surface area contributed by atoms with Gasteiger partial charge in [0.2, 0.25) is 0 Å². The Morgan fingerprint density at radius 2 is 2.27 bits per heavy atom. The zero-order valence-electron chi connectivity index (χ0n) is 7.96. The average Bonchev–Trinajstić information content (AvgIpc) is 2.54. The Bertz CT molecular complexity index is 535. The van der Waals surface area contributed by atoms with Gasteiger partial charge in [0, 0.05) is 16.4 Å². The number of hydrogen-bond donors (Lipinski definition) is 0. The molecule has 15 heavy (non-hydrogen) atoms. The van der Waals surface area contributed by atoms with E-state index >= 15 is 0 Å². The summed E-state index contributed by atoms with van der Waals surface area (Å²) in [5.74, 6) is -0.193. The van der Waals surface area contributed by atoms with Crippen LogP contribution in [0.25, 0.3) is 10.9 Å². The summed E-state index contributed by atoms with van der Waals surface area (Å²) in [6.45, 7) is 2.08. The molecule has 1 aliphatic rings. The van der Waals surface area contributed by atoms with Gasteiger partial charge in [0.05, 0.1) is 24.4 Å². The first-order chi connectivity index (χ1) is 7.27. The van der Waals surface area contributed by atoms with Gasteiger partial charge in [-0.15, -0.1) is 0 Å². The summed E-state index contributed by atoms with van der Waals surface area (Å²) in [4.78, 5) is 0. The van der Waals surface area contributed by atoms with Crippen molar-refractivity contribution < 1.29 is 9.13 Å². The third kappa shape index (κ3) is 1.32.